The quantitative estimate of drug-likeness (QED) is 0.213. The molecule has 0 bridgehead atoms. The fraction of sp³-hybridized carbons (Fsp3) is 0.250. The zero-order chi connectivity index (χ0) is 29.5. The Hall–Kier alpha value is -4.54. The zero-order valence-electron chi connectivity index (χ0n) is 23.0. The van der Waals surface area contributed by atoms with Crippen LogP contribution in [0.1, 0.15) is 45.0 Å². The van der Waals surface area contributed by atoms with Crippen LogP contribution in [-0.4, -0.2) is 53.4 Å². The van der Waals surface area contributed by atoms with Gasteiger partial charge in [-0.3, -0.25) is 4.79 Å². The number of aromatic nitrogens is 1. The van der Waals surface area contributed by atoms with Crippen LogP contribution in [0.3, 0.4) is 0 Å². The highest BCUT2D eigenvalue weighted by atomic mass is 32.1. The summed E-state index contributed by atoms with van der Waals surface area (Å²) < 4.78 is 11.7. The van der Waals surface area contributed by atoms with Crippen LogP contribution in [0.15, 0.2) is 84.2 Å². The molecule has 0 radical (unpaired) electrons. The van der Waals surface area contributed by atoms with Gasteiger partial charge in [0.1, 0.15) is 12.6 Å². The van der Waals surface area contributed by atoms with E-state index in [1.165, 1.54) is 16.7 Å². The van der Waals surface area contributed by atoms with Crippen molar-refractivity contribution in [3.8, 4) is 11.1 Å². The number of carboxylic acids is 1. The first-order valence-electron chi connectivity index (χ1n) is 13.6. The maximum Gasteiger partial charge on any atom is 0.407 e. The van der Waals surface area contributed by atoms with Gasteiger partial charge in [-0.25, -0.2) is 14.6 Å². The maximum absolute atomic E-state index is 13.3. The first-order chi connectivity index (χ1) is 20.4. The van der Waals surface area contributed by atoms with Crippen molar-refractivity contribution >= 4 is 29.3 Å². The Morgan fingerprint density at radius 3 is 2.24 bits per heavy atom. The van der Waals surface area contributed by atoms with Crippen molar-refractivity contribution in [2.24, 2.45) is 0 Å². The molecule has 0 spiro atoms. The van der Waals surface area contributed by atoms with Gasteiger partial charge in [0.15, 0.2) is 5.69 Å². The Bertz CT molecular complexity index is 1510. The van der Waals surface area contributed by atoms with E-state index in [0.29, 0.717) is 11.4 Å². The highest BCUT2D eigenvalue weighted by Gasteiger charge is 2.31. The van der Waals surface area contributed by atoms with E-state index in [9.17, 15) is 14.4 Å². The Balaban J connectivity index is 1.22. The number of amides is 2. The Labute approximate surface area is 247 Å². The molecule has 4 aromatic rings. The summed E-state index contributed by atoms with van der Waals surface area (Å²) in [7, 11) is 0. The molecule has 1 aromatic heterocycles. The number of carbonyl (C=O) groups is 3. The molecule has 2 unspecified atom stereocenters. The maximum atomic E-state index is 13.3. The van der Waals surface area contributed by atoms with Crippen LogP contribution in [0.25, 0.3) is 11.1 Å². The number of ether oxygens (including phenoxy) is 2. The molecule has 2 atom stereocenters. The van der Waals surface area contributed by atoms with Crippen LogP contribution < -0.4 is 10.6 Å². The second-order valence-corrected chi connectivity index (χ2v) is 10.9. The monoisotopic (exact) mass is 585 g/mol. The van der Waals surface area contributed by atoms with Crippen LogP contribution in [0.2, 0.25) is 0 Å². The smallest absolute Gasteiger partial charge is 0.407 e. The molecule has 0 saturated carbocycles. The fourth-order valence-corrected chi connectivity index (χ4v) is 5.76. The Morgan fingerprint density at radius 2 is 1.60 bits per heavy atom. The molecular formula is C32H31N3O6S. The van der Waals surface area contributed by atoms with E-state index in [1.54, 1.807) is 6.92 Å². The van der Waals surface area contributed by atoms with Gasteiger partial charge < -0.3 is 25.2 Å². The number of hydrogen-bond donors (Lipinski definition) is 3. The Morgan fingerprint density at radius 1 is 0.952 bits per heavy atom. The van der Waals surface area contributed by atoms with Crippen LogP contribution in [0, 0.1) is 0 Å². The highest BCUT2D eigenvalue weighted by molar-refractivity contribution is 7.09. The molecule has 0 fully saturated rings. The number of rotatable bonds is 12. The summed E-state index contributed by atoms with van der Waals surface area (Å²) in [6, 6.07) is 24.6. The summed E-state index contributed by atoms with van der Waals surface area (Å²) in [4.78, 5) is 41.4. The lowest BCUT2D eigenvalue weighted by molar-refractivity contribution is -0.127. The van der Waals surface area contributed by atoms with E-state index in [1.807, 2.05) is 66.7 Å². The van der Waals surface area contributed by atoms with E-state index in [2.05, 4.69) is 27.8 Å². The predicted molar refractivity (Wildman–Crippen MR) is 158 cm³/mol. The normalized spacial score (nSPS) is 13.5. The Kier molecular flexibility index (Phi) is 9.25. The highest BCUT2D eigenvalue weighted by Crippen LogP contribution is 2.44. The second-order valence-electron chi connectivity index (χ2n) is 9.92. The summed E-state index contributed by atoms with van der Waals surface area (Å²) in [6.07, 6.45) is -1.05. The van der Waals surface area contributed by atoms with Gasteiger partial charge in [0.05, 0.1) is 17.7 Å². The molecule has 1 aliphatic carbocycles. The summed E-state index contributed by atoms with van der Waals surface area (Å²) in [5.41, 5.74) is 5.33. The van der Waals surface area contributed by atoms with Crippen molar-refractivity contribution in [3.63, 3.8) is 0 Å². The fourth-order valence-electron chi connectivity index (χ4n) is 4.99. The number of benzene rings is 3. The molecule has 9 nitrogen and oxygen atoms in total. The SMILES string of the molecule is CC(OCc1ccccc1)C(NC(=O)OCC1c2ccccc2-c2ccccc21)C(=O)NCCc1nc(C(=O)O)cs1. The number of hydrogen-bond acceptors (Lipinski definition) is 7. The molecule has 5 rings (SSSR count). The minimum absolute atomic E-state index is 0.0286. The first-order valence-corrected chi connectivity index (χ1v) is 14.5. The van der Waals surface area contributed by atoms with Crippen LogP contribution in [-0.2, 0) is 27.3 Å². The van der Waals surface area contributed by atoms with Crippen molar-refractivity contribution in [2.45, 2.75) is 38.0 Å². The molecule has 10 heteroatoms. The summed E-state index contributed by atoms with van der Waals surface area (Å²) in [6.45, 7) is 2.30. The lowest BCUT2D eigenvalue weighted by Gasteiger charge is -2.25. The zero-order valence-corrected chi connectivity index (χ0v) is 23.8. The standard InChI is InChI=1S/C32H31N3O6S/c1-20(40-17-21-9-3-2-4-10-21)29(30(36)33-16-15-28-34-27(19-42-28)31(37)38)35-32(39)41-18-26-24-13-7-5-11-22(24)23-12-6-8-14-25(23)26/h2-14,19-20,26,29H,15-18H2,1H3,(H,33,36)(H,35,39)(H,37,38). The van der Waals surface area contributed by atoms with E-state index in [0.717, 1.165) is 27.8 Å². The van der Waals surface area contributed by atoms with Crippen LogP contribution in [0.5, 0.6) is 0 Å². The van der Waals surface area contributed by atoms with E-state index < -0.39 is 30.1 Å². The molecule has 0 aliphatic heterocycles. The van der Waals surface area contributed by atoms with Gasteiger partial charge in [0.2, 0.25) is 5.91 Å². The number of alkyl carbamates (subject to hydrolysis) is 1. The minimum atomic E-state index is -1.10. The third-order valence-corrected chi connectivity index (χ3v) is 8.04. The summed E-state index contributed by atoms with van der Waals surface area (Å²) in [5.74, 6) is -1.66. The van der Waals surface area contributed by atoms with Gasteiger partial charge >= 0.3 is 12.1 Å². The summed E-state index contributed by atoms with van der Waals surface area (Å²) in [5, 5.41) is 16.6. The van der Waals surface area contributed by atoms with Gasteiger partial charge in [-0.2, -0.15) is 0 Å². The number of aromatic carboxylic acids is 1. The van der Waals surface area contributed by atoms with Crippen LogP contribution >= 0.6 is 11.3 Å². The van der Waals surface area contributed by atoms with Gasteiger partial charge in [0.25, 0.3) is 0 Å². The summed E-state index contributed by atoms with van der Waals surface area (Å²) >= 11 is 1.21. The average molecular weight is 586 g/mol. The van der Waals surface area contributed by atoms with Crippen molar-refractivity contribution in [1.82, 2.24) is 15.6 Å². The number of thiazole rings is 1. The molecule has 42 heavy (non-hydrogen) atoms. The van der Waals surface area contributed by atoms with Gasteiger partial charge in [-0.1, -0.05) is 78.9 Å². The second kappa shape index (κ2) is 13.4. The largest absolute Gasteiger partial charge is 0.476 e. The molecule has 1 heterocycles. The lowest BCUT2D eigenvalue weighted by atomic mass is 9.98. The van der Waals surface area contributed by atoms with E-state index in [4.69, 9.17) is 14.6 Å². The third kappa shape index (κ3) is 6.84. The van der Waals surface area contributed by atoms with E-state index >= 15 is 0 Å². The topological polar surface area (TPSA) is 127 Å². The number of carbonyl (C=O) groups excluding carboxylic acids is 2. The molecular weight excluding hydrogens is 554 g/mol. The van der Waals surface area contributed by atoms with Gasteiger partial charge in [-0.15, -0.1) is 11.3 Å². The predicted octanol–water partition coefficient (Wildman–Crippen LogP) is 5.01. The van der Waals surface area contributed by atoms with Crippen molar-refractivity contribution in [2.75, 3.05) is 13.2 Å². The number of nitrogens with one attached hydrogen (secondary N) is 2. The first kappa shape index (κ1) is 29.0. The molecule has 216 valence electrons. The molecule has 0 saturated heterocycles. The van der Waals surface area contributed by atoms with Gasteiger partial charge in [-0.05, 0) is 34.7 Å². The number of carboxylic acid groups (broad SMARTS) is 1. The molecule has 3 N–H and O–H groups in total. The van der Waals surface area contributed by atoms with E-state index in [-0.39, 0.29) is 31.4 Å². The van der Waals surface area contributed by atoms with Crippen molar-refractivity contribution < 1.29 is 29.0 Å². The molecule has 1 aliphatic rings. The van der Waals surface area contributed by atoms with Crippen molar-refractivity contribution in [3.05, 3.63) is 112 Å². The third-order valence-electron chi connectivity index (χ3n) is 7.13. The molecule has 2 amide bonds. The number of nitrogens with zero attached hydrogens (tertiary/aromatic N) is 1. The molecule has 3 aromatic carbocycles. The average Bonchev–Trinajstić information content (AvgIpc) is 3.61. The number of fused-ring (bicyclic) bond motifs is 3. The van der Waals surface area contributed by atoms with Gasteiger partial charge in [0, 0.05) is 24.3 Å². The van der Waals surface area contributed by atoms with Crippen LogP contribution in [0.4, 0.5) is 4.79 Å². The van der Waals surface area contributed by atoms with Crippen molar-refractivity contribution in [1.29, 1.82) is 0 Å². The lowest BCUT2D eigenvalue weighted by Crippen LogP contribution is -2.53. The minimum Gasteiger partial charge on any atom is -0.476 e.